The first-order valence-electron chi connectivity index (χ1n) is 7.64. The van der Waals surface area contributed by atoms with Gasteiger partial charge in [0.25, 0.3) is 0 Å². The Hall–Kier alpha value is -0.910. The van der Waals surface area contributed by atoms with Gasteiger partial charge in [0, 0.05) is 13.1 Å². The maximum Gasteiger partial charge on any atom is 0.178 e. The van der Waals surface area contributed by atoms with Crippen LogP contribution >= 0.6 is 0 Å². The average molecular weight is 310 g/mol. The molecule has 0 fully saturated rings. The molecule has 0 bridgehead atoms. The van der Waals surface area contributed by atoms with Crippen molar-refractivity contribution >= 4 is 9.84 Å². The Bertz CT molecular complexity index is 598. The van der Waals surface area contributed by atoms with E-state index >= 15 is 0 Å². The van der Waals surface area contributed by atoms with Crippen LogP contribution in [0.15, 0.2) is 29.2 Å². The summed E-state index contributed by atoms with van der Waals surface area (Å²) in [6, 6.07) is 7.36. The van der Waals surface area contributed by atoms with E-state index in [0.717, 1.165) is 18.7 Å². The van der Waals surface area contributed by atoms with Gasteiger partial charge in [0.05, 0.1) is 16.2 Å². The van der Waals surface area contributed by atoms with E-state index < -0.39 is 9.84 Å². The molecule has 0 aliphatic carbocycles. The zero-order valence-electron chi connectivity index (χ0n) is 13.2. The van der Waals surface area contributed by atoms with Crippen LogP contribution in [0.5, 0.6) is 0 Å². The number of fused-ring (bicyclic) bond motifs is 1. The van der Waals surface area contributed by atoms with Crippen LogP contribution in [0.2, 0.25) is 0 Å². The molecule has 118 valence electrons. The van der Waals surface area contributed by atoms with Gasteiger partial charge < -0.3 is 5.73 Å². The fourth-order valence-electron chi connectivity index (χ4n) is 3.39. The van der Waals surface area contributed by atoms with Gasteiger partial charge in [0.15, 0.2) is 9.84 Å². The number of likely N-dealkylation sites (N-methyl/N-ethyl adjacent to an activating group) is 1. The molecule has 0 radical (unpaired) electrons. The predicted molar refractivity (Wildman–Crippen MR) is 85.9 cm³/mol. The highest BCUT2D eigenvalue weighted by atomic mass is 32.2. The maximum atomic E-state index is 12.4. The normalized spacial score (nSPS) is 24.3. The molecule has 1 aromatic carbocycles. The van der Waals surface area contributed by atoms with Crippen molar-refractivity contribution in [3.63, 3.8) is 0 Å². The lowest BCUT2D eigenvalue weighted by molar-refractivity contribution is 0.0761. The third-order valence-corrected chi connectivity index (χ3v) is 6.19. The number of sulfone groups is 1. The van der Waals surface area contributed by atoms with E-state index in [9.17, 15) is 8.42 Å². The van der Waals surface area contributed by atoms with E-state index in [1.165, 1.54) is 0 Å². The van der Waals surface area contributed by atoms with Crippen LogP contribution in [-0.2, 0) is 15.4 Å². The standard InChI is InChI=1S/C16H26N2O2S/c1-4-18(11-13(2)3)16(12-17)9-10-21(19,20)15-8-6-5-7-14(15)16/h5-8,13H,4,9-12,17H2,1-3H3. The van der Waals surface area contributed by atoms with Crippen LogP contribution in [0.3, 0.4) is 0 Å². The first-order valence-corrected chi connectivity index (χ1v) is 9.30. The monoisotopic (exact) mass is 310 g/mol. The van der Waals surface area contributed by atoms with E-state index in [2.05, 4.69) is 25.7 Å². The van der Waals surface area contributed by atoms with Crippen molar-refractivity contribution in [1.82, 2.24) is 4.90 Å². The highest BCUT2D eigenvalue weighted by Crippen LogP contribution is 2.40. The number of hydrogen-bond donors (Lipinski definition) is 1. The van der Waals surface area contributed by atoms with Crippen LogP contribution in [0.4, 0.5) is 0 Å². The lowest BCUT2D eigenvalue weighted by atomic mass is 9.84. The highest BCUT2D eigenvalue weighted by Gasteiger charge is 2.44. The average Bonchev–Trinajstić information content (AvgIpc) is 2.46. The summed E-state index contributed by atoms with van der Waals surface area (Å²) in [5, 5.41) is 0. The van der Waals surface area contributed by atoms with Gasteiger partial charge in [-0.3, -0.25) is 4.90 Å². The Balaban J connectivity index is 2.59. The summed E-state index contributed by atoms with van der Waals surface area (Å²) >= 11 is 0. The van der Waals surface area contributed by atoms with Crippen LogP contribution in [0.1, 0.15) is 32.8 Å². The van der Waals surface area contributed by atoms with E-state index in [4.69, 9.17) is 5.73 Å². The topological polar surface area (TPSA) is 63.4 Å². The van der Waals surface area contributed by atoms with Crippen LogP contribution in [0, 0.1) is 5.92 Å². The molecule has 0 saturated carbocycles. The maximum absolute atomic E-state index is 12.4. The minimum atomic E-state index is -3.18. The summed E-state index contributed by atoms with van der Waals surface area (Å²) in [6.07, 6.45) is 0.573. The Morgan fingerprint density at radius 3 is 2.57 bits per heavy atom. The molecular weight excluding hydrogens is 284 g/mol. The van der Waals surface area contributed by atoms with Gasteiger partial charge in [-0.2, -0.15) is 0 Å². The largest absolute Gasteiger partial charge is 0.328 e. The first-order chi connectivity index (χ1) is 9.87. The van der Waals surface area contributed by atoms with Gasteiger partial charge >= 0.3 is 0 Å². The van der Waals surface area contributed by atoms with Crippen LogP contribution in [-0.4, -0.2) is 38.7 Å². The third-order valence-electron chi connectivity index (χ3n) is 4.42. The number of benzene rings is 1. The molecule has 1 heterocycles. The molecule has 2 N–H and O–H groups in total. The molecule has 1 atom stereocenters. The van der Waals surface area contributed by atoms with Gasteiger partial charge in [-0.05, 0) is 30.5 Å². The third kappa shape index (κ3) is 2.87. The predicted octanol–water partition coefficient (Wildman–Crippen LogP) is 2.00. The van der Waals surface area contributed by atoms with Crippen molar-refractivity contribution < 1.29 is 8.42 Å². The number of nitrogens with two attached hydrogens (primary N) is 1. The molecule has 4 nitrogen and oxygen atoms in total. The molecule has 1 aliphatic rings. The zero-order chi connectivity index (χ0) is 15.7. The highest BCUT2D eigenvalue weighted by molar-refractivity contribution is 7.91. The van der Waals surface area contributed by atoms with Gasteiger partial charge in [0.1, 0.15) is 0 Å². The molecule has 0 amide bonds. The molecule has 21 heavy (non-hydrogen) atoms. The fraction of sp³-hybridized carbons (Fsp3) is 0.625. The second-order valence-corrected chi connectivity index (χ2v) is 8.31. The molecule has 0 saturated heterocycles. The summed E-state index contributed by atoms with van der Waals surface area (Å²) in [7, 11) is -3.18. The SMILES string of the molecule is CCN(CC(C)C)C1(CN)CCS(=O)(=O)c2ccccc21. The van der Waals surface area contributed by atoms with Crippen molar-refractivity contribution in [2.45, 2.75) is 37.6 Å². The Morgan fingerprint density at radius 2 is 2.00 bits per heavy atom. The quantitative estimate of drug-likeness (QED) is 0.903. The first kappa shape index (κ1) is 16.5. The van der Waals surface area contributed by atoms with Gasteiger partial charge in [-0.25, -0.2) is 8.42 Å². The van der Waals surface area contributed by atoms with Crippen LogP contribution in [0.25, 0.3) is 0 Å². The fourth-order valence-corrected chi connectivity index (χ4v) is 5.09. The second kappa shape index (κ2) is 6.07. The Kier molecular flexibility index (Phi) is 4.76. The summed E-state index contributed by atoms with van der Waals surface area (Å²) in [5.74, 6) is 0.689. The lowest BCUT2D eigenvalue weighted by Crippen LogP contribution is -2.55. The van der Waals surface area contributed by atoms with Crippen molar-refractivity contribution in [3.05, 3.63) is 29.8 Å². The summed E-state index contributed by atoms with van der Waals surface area (Å²) in [5.41, 5.74) is 6.67. The molecule has 2 rings (SSSR count). The molecule has 1 aromatic rings. The molecule has 5 heteroatoms. The second-order valence-electron chi connectivity index (χ2n) is 6.23. The molecule has 0 spiro atoms. The van der Waals surface area contributed by atoms with Crippen molar-refractivity contribution in [2.24, 2.45) is 11.7 Å². The summed E-state index contributed by atoms with van der Waals surface area (Å²) in [6.45, 7) is 8.70. The van der Waals surface area contributed by atoms with E-state index in [1.807, 2.05) is 12.1 Å². The molecule has 1 aliphatic heterocycles. The Morgan fingerprint density at radius 1 is 1.33 bits per heavy atom. The lowest BCUT2D eigenvalue weighted by Gasteiger charge is -2.47. The zero-order valence-corrected chi connectivity index (χ0v) is 14.0. The number of hydrogen-bond acceptors (Lipinski definition) is 4. The summed E-state index contributed by atoms with van der Waals surface area (Å²) in [4.78, 5) is 2.81. The van der Waals surface area contributed by atoms with Gasteiger partial charge in [0.2, 0.25) is 0 Å². The van der Waals surface area contributed by atoms with Gasteiger partial charge in [-0.1, -0.05) is 39.0 Å². The van der Waals surface area contributed by atoms with E-state index in [0.29, 0.717) is 23.8 Å². The van der Waals surface area contributed by atoms with Crippen LogP contribution < -0.4 is 5.73 Å². The minimum absolute atomic E-state index is 0.176. The van der Waals surface area contributed by atoms with Crippen molar-refractivity contribution in [2.75, 3.05) is 25.4 Å². The van der Waals surface area contributed by atoms with E-state index in [1.54, 1.807) is 12.1 Å². The number of rotatable bonds is 5. The van der Waals surface area contributed by atoms with Crippen molar-refractivity contribution in [3.8, 4) is 0 Å². The molecule has 0 aromatic heterocycles. The molecule has 1 unspecified atom stereocenters. The molecular formula is C16H26N2O2S. The smallest absolute Gasteiger partial charge is 0.178 e. The number of nitrogens with zero attached hydrogens (tertiary/aromatic N) is 1. The van der Waals surface area contributed by atoms with Gasteiger partial charge in [-0.15, -0.1) is 0 Å². The Labute approximate surface area is 128 Å². The van der Waals surface area contributed by atoms with Crippen molar-refractivity contribution in [1.29, 1.82) is 0 Å². The summed E-state index contributed by atoms with van der Waals surface area (Å²) < 4.78 is 24.7. The van der Waals surface area contributed by atoms with E-state index in [-0.39, 0.29) is 11.3 Å². The minimum Gasteiger partial charge on any atom is -0.328 e.